The van der Waals surface area contributed by atoms with Gasteiger partial charge in [0.1, 0.15) is 18.2 Å². The van der Waals surface area contributed by atoms with Crippen LogP contribution in [0.15, 0.2) is 95.5 Å². The molecular formula is C40H37N2O+. The van der Waals surface area contributed by atoms with Crippen molar-refractivity contribution < 1.29 is 20.0 Å². The molecule has 1 aliphatic rings. The van der Waals surface area contributed by atoms with E-state index in [2.05, 4.69) is 6.07 Å². The first kappa shape index (κ1) is 19.5. The van der Waals surface area contributed by atoms with E-state index in [1.165, 1.54) is 12.3 Å². The van der Waals surface area contributed by atoms with Gasteiger partial charge in [-0.3, -0.25) is 0 Å². The molecule has 2 aromatic heterocycles. The van der Waals surface area contributed by atoms with Crippen molar-refractivity contribution in [3.05, 3.63) is 125 Å². The molecule has 1 aliphatic carbocycles. The molecule has 0 amide bonds. The number of pyridine rings is 1. The Balaban J connectivity index is 1.32. The molecule has 212 valence electrons. The Labute approximate surface area is 265 Å². The highest BCUT2D eigenvalue weighted by Gasteiger charge is 2.25. The third kappa shape index (κ3) is 4.72. The van der Waals surface area contributed by atoms with Crippen LogP contribution in [0.3, 0.4) is 0 Å². The summed E-state index contributed by atoms with van der Waals surface area (Å²) in [6.07, 6.45) is 3.66. The molecule has 3 heteroatoms. The van der Waals surface area contributed by atoms with Gasteiger partial charge in [-0.2, -0.15) is 5.26 Å². The minimum Gasteiger partial charge on any atom is -0.454 e. The van der Waals surface area contributed by atoms with Gasteiger partial charge in [0.2, 0.25) is 5.69 Å². The van der Waals surface area contributed by atoms with Crippen LogP contribution in [0.25, 0.3) is 44.3 Å². The van der Waals surface area contributed by atoms with Crippen LogP contribution in [0.5, 0.6) is 0 Å². The average Bonchev–Trinajstić information content (AvgIpc) is 3.47. The Morgan fingerprint density at radius 1 is 0.767 bits per heavy atom. The summed E-state index contributed by atoms with van der Waals surface area (Å²) in [5.74, 6) is -1.53. The molecule has 2 heterocycles. The van der Waals surface area contributed by atoms with Gasteiger partial charge in [-0.1, -0.05) is 66.7 Å². The van der Waals surface area contributed by atoms with Gasteiger partial charge >= 0.3 is 0 Å². The predicted molar refractivity (Wildman–Crippen MR) is 175 cm³/mol. The monoisotopic (exact) mass is 569 g/mol. The van der Waals surface area contributed by atoms with Crippen molar-refractivity contribution in [3.63, 3.8) is 0 Å². The average molecular weight is 570 g/mol. The molecule has 0 saturated heterocycles. The minimum atomic E-state index is -2.66. The predicted octanol–water partition coefficient (Wildman–Crippen LogP) is 9.98. The van der Waals surface area contributed by atoms with E-state index in [0.29, 0.717) is 59.2 Å². The van der Waals surface area contributed by atoms with Crippen molar-refractivity contribution >= 4 is 21.9 Å². The Bertz CT molecular complexity index is 2340. The molecule has 1 fully saturated rings. The standard InChI is InChI=1S/C40H37N2O/c1-25-10-20-34-35-21-19-33(23-41)38(40(35)43-39(34)37(25)36-22-26(2)27(3)24-42(36)4)32-17-15-31(16-18-32)30-13-11-29(12-14-30)28-8-6-5-7-9-28/h5-10,15-22,24,29-30H,11-14H2,1-4H3/q+1/i2D3,3D3,29D,30D. The number of furan rings is 1. The molecule has 0 radical (unpaired) electrons. The van der Waals surface area contributed by atoms with Crippen molar-refractivity contribution in [2.75, 3.05) is 0 Å². The van der Waals surface area contributed by atoms with E-state index >= 15 is 0 Å². The van der Waals surface area contributed by atoms with Crippen LogP contribution in [0, 0.1) is 32.0 Å². The van der Waals surface area contributed by atoms with E-state index in [0.717, 1.165) is 33.0 Å². The highest BCUT2D eigenvalue weighted by atomic mass is 16.3. The molecular weight excluding hydrogens is 524 g/mol. The minimum absolute atomic E-state index is 0.231. The van der Waals surface area contributed by atoms with E-state index in [1.807, 2.05) is 79.7 Å². The van der Waals surface area contributed by atoms with Crippen LogP contribution in [0.2, 0.25) is 0 Å². The number of aryl methyl sites for hydroxylation is 4. The Hall–Kier alpha value is -4.68. The molecule has 43 heavy (non-hydrogen) atoms. The lowest BCUT2D eigenvalue weighted by Gasteiger charge is -2.29. The topological polar surface area (TPSA) is 40.8 Å². The second-order valence-corrected chi connectivity index (χ2v) is 11.5. The molecule has 6 aromatic rings. The van der Waals surface area contributed by atoms with Crippen molar-refractivity contribution in [1.82, 2.24) is 0 Å². The summed E-state index contributed by atoms with van der Waals surface area (Å²) in [4.78, 5) is 0. The summed E-state index contributed by atoms with van der Waals surface area (Å²) in [6, 6.07) is 28.8. The van der Waals surface area contributed by atoms with E-state index in [4.69, 9.17) is 14.0 Å². The number of nitrogens with zero attached hydrogens (tertiary/aromatic N) is 2. The summed E-state index contributed by atoms with van der Waals surface area (Å²) in [6.45, 7) is -3.39. The van der Waals surface area contributed by atoms with Crippen LogP contribution in [-0.2, 0) is 7.05 Å². The summed E-state index contributed by atoms with van der Waals surface area (Å²) < 4.78 is 75.2. The van der Waals surface area contributed by atoms with Crippen molar-refractivity contribution in [3.8, 4) is 28.5 Å². The maximum absolute atomic E-state index is 10.2. The first-order valence-corrected chi connectivity index (χ1v) is 14.6. The zero-order valence-corrected chi connectivity index (χ0v) is 24.3. The number of hydrogen-bond donors (Lipinski definition) is 0. The van der Waals surface area contributed by atoms with Gasteiger partial charge in [0, 0.05) is 38.9 Å². The number of fused-ring (bicyclic) bond motifs is 3. The molecule has 0 aliphatic heterocycles. The molecule has 1 saturated carbocycles. The Morgan fingerprint density at radius 3 is 2.05 bits per heavy atom. The van der Waals surface area contributed by atoms with Crippen LogP contribution >= 0.6 is 0 Å². The molecule has 0 atom stereocenters. The fourth-order valence-corrected chi connectivity index (χ4v) is 6.58. The van der Waals surface area contributed by atoms with E-state index in [1.54, 1.807) is 17.7 Å². The number of rotatable bonds is 4. The Kier molecular flexibility index (Phi) is 4.93. The largest absolute Gasteiger partial charge is 0.454 e. The zero-order chi connectivity index (χ0) is 36.5. The second kappa shape index (κ2) is 10.9. The molecule has 7 rings (SSSR count). The Morgan fingerprint density at radius 2 is 1.40 bits per heavy atom. The van der Waals surface area contributed by atoms with Crippen molar-refractivity contribution in [2.45, 2.75) is 58.1 Å². The van der Waals surface area contributed by atoms with Gasteiger partial charge in [-0.25, -0.2) is 4.57 Å². The van der Waals surface area contributed by atoms with E-state index in [9.17, 15) is 6.63 Å². The first-order chi connectivity index (χ1) is 24.0. The van der Waals surface area contributed by atoms with Crippen molar-refractivity contribution in [1.29, 1.82) is 5.26 Å². The molecule has 0 N–H and O–H groups in total. The summed E-state index contributed by atoms with van der Waals surface area (Å²) in [5, 5.41) is 11.8. The second-order valence-electron chi connectivity index (χ2n) is 11.5. The van der Waals surface area contributed by atoms with Crippen LogP contribution in [0.1, 0.15) is 81.8 Å². The lowest BCUT2D eigenvalue weighted by Crippen LogP contribution is -2.31. The van der Waals surface area contributed by atoms with E-state index in [-0.39, 0.29) is 11.1 Å². The maximum atomic E-state index is 10.2. The molecule has 0 bridgehead atoms. The zero-order valence-electron chi connectivity index (χ0n) is 32.3. The number of hydrogen-bond acceptors (Lipinski definition) is 2. The highest BCUT2D eigenvalue weighted by molar-refractivity contribution is 6.14. The molecule has 0 spiro atoms. The third-order valence-electron chi connectivity index (χ3n) is 8.89. The highest BCUT2D eigenvalue weighted by Crippen LogP contribution is 2.44. The molecule has 0 unspecified atom stereocenters. The van der Waals surface area contributed by atoms with Crippen LogP contribution in [-0.4, -0.2) is 0 Å². The quantitative estimate of drug-likeness (QED) is 0.198. The molecule has 4 aromatic carbocycles. The summed E-state index contributed by atoms with van der Waals surface area (Å²) >= 11 is 0. The van der Waals surface area contributed by atoms with Gasteiger partial charge in [-0.05, 0) is 98.0 Å². The van der Waals surface area contributed by atoms with Crippen LogP contribution in [0.4, 0.5) is 0 Å². The number of benzene rings is 4. The number of aromatic nitrogens is 1. The van der Waals surface area contributed by atoms with Gasteiger partial charge in [0.05, 0.1) is 17.2 Å². The summed E-state index contributed by atoms with van der Waals surface area (Å²) in [7, 11) is 1.69. The summed E-state index contributed by atoms with van der Waals surface area (Å²) in [5.41, 5.74) is 6.09. The smallest absolute Gasteiger partial charge is 0.216 e. The third-order valence-corrected chi connectivity index (χ3v) is 8.89. The normalized spacial score (nSPS) is 23.7. The van der Waals surface area contributed by atoms with Gasteiger partial charge in [0.25, 0.3) is 0 Å². The lowest BCUT2D eigenvalue weighted by molar-refractivity contribution is -0.660. The van der Waals surface area contributed by atoms with Gasteiger partial charge in [0.15, 0.2) is 6.20 Å². The SMILES string of the molecule is [2H]C([2H])([2H])c1cc(-c2c(C)ccc3c2oc2c(-c4ccc(C5([2H])CCC([2H])(c6ccccc6)CC5)cc4)c(C#N)ccc23)[n+](C)cc1C([2H])([2H])[2H]. The fourth-order valence-electron chi connectivity index (χ4n) is 6.58. The van der Waals surface area contributed by atoms with Gasteiger partial charge in [-0.15, -0.1) is 0 Å². The maximum Gasteiger partial charge on any atom is 0.216 e. The fraction of sp³-hybridized carbons (Fsp3) is 0.250. The van der Waals surface area contributed by atoms with Crippen molar-refractivity contribution in [2.24, 2.45) is 7.05 Å². The number of nitriles is 1. The molecule has 3 nitrogen and oxygen atoms in total. The van der Waals surface area contributed by atoms with Gasteiger partial charge < -0.3 is 4.42 Å². The van der Waals surface area contributed by atoms with Crippen LogP contribution < -0.4 is 4.57 Å². The van der Waals surface area contributed by atoms with E-state index < -0.39 is 25.5 Å². The lowest BCUT2D eigenvalue weighted by atomic mass is 9.76. The first-order valence-electron chi connectivity index (χ1n) is 18.6.